The van der Waals surface area contributed by atoms with Crippen molar-refractivity contribution >= 4 is 5.91 Å². The fraction of sp³-hybridized carbons (Fsp3) is 0.357. The molecule has 0 aliphatic heterocycles. The summed E-state index contributed by atoms with van der Waals surface area (Å²) in [5.41, 5.74) is 0.580. The van der Waals surface area contributed by atoms with Crippen molar-refractivity contribution in [1.29, 1.82) is 0 Å². The summed E-state index contributed by atoms with van der Waals surface area (Å²) >= 11 is 0. The Morgan fingerprint density at radius 3 is 2.57 bits per heavy atom. The lowest BCUT2D eigenvalue weighted by Crippen LogP contribution is -2.35. The molecule has 6 nitrogen and oxygen atoms in total. The van der Waals surface area contributed by atoms with E-state index in [4.69, 9.17) is 4.74 Å². The second-order valence-corrected chi connectivity index (χ2v) is 4.90. The van der Waals surface area contributed by atoms with Crippen molar-refractivity contribution in [3.8, 4) is 11.4 Å². The van der Waals surface area contributed by atoms with Crippen molar-refractivity contribution in [1.82, 2.24) is 20.3 Å². The number of nitrogens with zero attached hydrogens (tertiary/aromatic N) is 3. The van der Waals surface area contributed by atoms with Crippen molar-refractivity contribution in [2.75, 3.05) is 13.7 Å². The molecule has 0 fully saturated rings. The molecule has 0 saturated carbocycles. The number of halogens is 3. The van der Waals surface area contributed by atoms with Gasteiger partial charge in [0.2, 0.25) is 0 Å². The van der Waals surface area contributed by atoms with Crippen LogP contribution in [0.4, 0.5) is 13.2 Å². The quantitative estimate of drug-likeness (QED) is 0.914. The maximum Gasteiger partial charge on any atom is 0.393 e. The molecule has 1 amide bonds. The number of rotatable bonds is 5. The Balaban J connectivity index is 2.02. The molecule has 0 bridgehead atoms. The van der Waals surface area contributed by atoms with Crippen LogP contribution in [0.15, 0.2) is 30.5 Å². The third-order valence-corrected chi connectivity index (χ3v) is 3.19. The topological polar surface area (TPSA) is 69.0 Å². The predicted molar refractivity (Wildman–Crippen MR) is 75.5 cm³/mol. The number of carbonyl (C=O) groups excluding carboxylic acids is 1. The first-order chi connectivity index (χ1) is 10.8. The van der Waals surface area contributed by atoms with Gasteiger partial charge >= 0.3 is 6.18 Å². The van der Waals surface area contributed by atoms with Crippen LogP contribution in [0.5, 0.6) is 5.75 Å². The Hall–Kier alpha value is -2.58. The van der Waals surface area contributed by atoms with E-state index in [1.165, 1.54) is 18.0 Å². The van der Waals surface area contributed by atoms with Crippen LogP contribution in [0.3, 0.4) is 0 Å². The Morgan fingerprint density at radius 2 is 2.00 bits per heavy atom. The lowest BCUT2D eigenvalue weighted by atomic mass is 10.2. The van der Waals surface area contributed by atoms with E-state index in [1.54, 1.807) is 24.3 Å². The fourth-order valence-corrected chi connectivity index (χ4v) is 1.68. The molecule has 1 aromatic carbocycles. The molecule has 1 aromatic heterocycles. The molecule has 0 radical (unpaired) electrons. The van der Waals surface area contributed by atoms with Gasteiger partial charge in [-0.05, 0) is 24.3 Å². The zero-order valence-corrected chi connectivity index (χ0v) is 12.5. The first-order valence-electron chi connectivity index (χ1n) is 6.73. The summed E-state index contributed by atoms with van der Waals surface area (Å²) < 4.78 is 43.6. The van der Waals surface area contributed by atoms with E-state index >= 15 is 0 Å². The monoisotopic (exact) mass is 328 g/mol. The number of carbonyl (C=O) groups is 1. The van der Waals surface area contributed by atoms with Crippen molar-refractivity contribution in [2.45, 2.75) is 13.1 Å². The van der Waals surface area contributed by atoms with E-state index in [0.29, 0.717) is 11.4 Å². The minimum absolute atomic E-state index is 0.0600. The van der Waals surface area contributed by atoms with Gasteiger partial charge in [0.15, 0.2) is 5.69 Å². The lowest BCUT2D eigenvalue weighted by Gasteiger charge is -2.15. The fourth-order valence-electron chi connectivity index (χ4n) is 1.68. The second kappa shape index (κ2) is 6.67. The molecular weight excluding hydrogens is 313 g/mol. The number of aromatic nitrogens is 3. The Labute approximate surface area is 130 Å². The number of methoxy groups -OCH3 is 1. The van der Waals surface area contributed by atoms with Gasteiger partial charge in [-0.1, -0.05) is 12.1 Å². The Kier molecular flexibility index (Phi) is 4.87. The van der Waals surface area contributed by atoms with Crippen molar-refractivity contribution in [2.24, 2.45) is 5.92 Å². The molecule has 2 rings (SSSR count). The van der Waals surface area contributed by atoms with E-state index in [-0.39, 0.29) is 5.69 Å². The number of alkyl halides is 3. The zero-order valence-electron chi connectivity index (χ0n) is 12.5. The predicted octanol–water partition coefficient (Wildman–Crippen LogP) is 2.20. The van der Waals surface area contributed by atoms with Crippen molar-refractivity contribution < 1.29 is 22.7 Å². The van der Waals surface area contributed by atoms with E-state index in [9.17, 15) is 18.0 Å². The third kappa shape index (κ3) is 4.21. The largest absolute Gasteiger partial charge is 0.497 e. The van der Waals surface area contributed by atoms with Crippen LogP contribution in [0, 0.1) is 5.92 Å². The summed E-state index contributed by atoms with van der Waals surface area (Å²) in [4.78, 5) is 11.8. The van der Waals surface area contributed by atoms with Gasteiger partial charge in [0.05, 0.1) is 24.9 Å². The average molecular weight is 328 g/mol. The highest BCUT2D eigenvalue weighted by Crippen LogP contribution is 2.24. The number of amides is 1. The summed E-state index contributed by atoms with van der Waals surface area (Å²) in [7, 11) is 1.54. The van der Waals surface area contributed by atoms with Gasteiger partial charge in [0.25, 0.3) is 5.91 Å². The van der Waals surface area contributed by atoms with Gasteiger partial charge in [0.1, 0.15) is 5.75 Å². The molecule has 1 heterocycles. The number of benzene rings is 1. The number of hydrogen-bond donors (Lipinski definition) is 1. The maximum absolute atomic E-state index is 12.4. The minimum Gasteiger partial charge on any atom is -0.497 e. The van der Waals surface area contributed by atoms with Crippen LogP contribution >= 0.6 is 0 Å². The van der Waals surface area contributed by atoms with Gasteiger partial charge in [-0.25, -0.2) is 4.68 Å². The van der Waals surface area contributed by atoms with E-state index in [1.807, 2.05) is 0 Å². The smallest absolute Gasteiger partial charge is 0.393 e. The number of nitrogens with one attached hydrogen (secondary N) is 1. The maximum atomic E-state index is 12.4. The third-order valence-electron chi connectivity index (χ3n) is 3.19. The van der Waals surface area contributed by atoms with Crippen LogP contribution in [0.25, 0.3) is 5.69 Å². The second-order valence-electron chi connectivity index (χ2n) is 4.90. The van der Waals surface area contributed by atoms with Gasteiger partial charge in [0, 0.05) is 6.54 Å². The molecule has 1 atom stereocenters. The molecule has 1 N–H and O–H groups in total. The molecule has 0 spiro atoms. The van der Waals surface area contributed by atoms with Crippen molar-refractivity contribution in [3.63, 3.8) is 0 Å². The molecule has 1 unspecified atom stereocenters. The van der Waals surface area contributed by atoms with E-state index < -0.39 is 24.5 Å². The molecule has 124 valence electrons. The molecule has 23 heavy (non-hydrogen) atoms. The van der Waals surface area contributed by atoms with E-state index in [2.05, 4.69) is 15.6 Å². The number of ether oxygens (including phenoxy) is 1. The highest BCUT2D eigenvalue weighted by atomic mass is 19.4. The zero-order chi connectivity index (χ0) is 17.0. The summed E-state index contributed by atoms with van der Waals surface area (Å²) in [6.07, 6.45) is -3.01. The Bertz CT molecular complexity index is 667. The van der Waals surface area contributed by atoms with E-state index in [0.717, 1.165) is 6.92 Å². The summed E-state index contributed by atoms with van der Waals surface area (Å²) in [6.45, 7) is 0.478. The summed E-state index contributed by atoms with van der Waals surface area (Å²) in [5.74, 6) is -1.68. The van der Waals surface area contributed by atoms with Gasteiger partial charge < -0.3 is 10.1 Å². The van der Waals surface area contributed by atoms with Gasteiger partial charge in [-0.2, -0.15) is 13.2 Å². The molecule has 0 aliphatic carbocycles. The molecule has 9 heteroatoms. The molecule has 0 saturated heterocycles. The van der Waals surface area contributed by atoms with Crippen molar-refractivity contribution in [3.05, 3.63) is 36.2 Å². The highest BCUT2D eigenvalue weighted by molar-refractivity contribution is 5.91. The van der Waals surface area contributed by atoms with Gasteiger partial charge in [-0.3, -0.25) is 4.79 Å². The summed E-state index contributed by atoms with van der Waals surface area (Å²) in [6, 6.07) is 6.84. The molecule has 2 aromatic rings. The van der Waals surface area contributed by atoms with Crippen LogP contribution < -0.4 is 10.1 Å². The Morgan fingerprint density at radius 1 is 1.35 bits per heavy atom. The first kappa shape index (κ1) is 16.8. The van der Waals surface area contributed by atoms with Crippen LogP contribution in [0.1, 0.15) is 17.4 Å². The minimum atomic E-state index is -4.35. The average Bonchev–Trinajstić information content (AvgIpc) is 3.01. The van der Waals surface area contributed by atoms with Gasteiger partial charge in [-0.15, -0.1) is 5.10 Å². The molecule has 0 aliphatic rings. The summed E-state index contributed by atoms with van der Waals surface area (Å²) in [5, 5.41) is 9.64. The normalized spacial score (nSPS) is 12.7. The SMILES string of the molecule is COc1ccc(-n2cc(C(=O)NCC(C)C(F)(F)F)nn2)cc1. The molecular formula is C14H15F3N4O2. The highest BCUT2D eigenvalue weighted by Gasteiger charge is 2.36. The van der Waals surface area contributed by atoms with Crippen LogP contribution in [0.2, 0.25) is 0 Å². The lowest BCUT2D eigenvalue weighted by molar-refractivity contribution is -0.167. The first-order valence-corrected chi connectivity index (χ1v) is 6.73. The standard InChI is InChI=1S/C14H15F3N4O2/c1-9(14(15,16)17)7-18-13(22)12-8-21(20-19-12)10-3-5-11(23-2)6-4-10/h3-6,8-9H,7H2,1-2H3,(H,18,22). The number of hydrogen-bond acceptors (Lipinski definition) is 4. The van der Waals surface area contributed by atoms with Crippen LogP contribution in [-0.4, -0.2) is 40.7 Å². The van der Waals surface area contributed by atoms with Crippen LogP contribution in [-0.2, 0) is 0 Å².